The largest absolute Gasteiger partial charge is 0.444 e. The Kier molecular flexibility index (Phi) is 2.13. The molecule has 0 radical (unpaired) electrons. The summed E-state index contributed by atoms with van der Waals surface area (Å²) in [6.45, 7) is 3.04. The van der Waals surface area contributed by atoms with Crippen LogP contribution in [0.1, 0.15) is 13.8 Å². The minimum Gasteiger partial charge on any atom is -0.444 e. The molecule has 0 aromatic carbocycles. The average molecular weight is 193 g/mol. The maximum atomic E-state index is 11.1. The number of nitrogens with zero attached hydrogens (tertiary/aromatic N) is 1. The topological polar surface area (TPSA) is 63.7 Å². The average Bonchev–Trinajstić information content (AvgIpc) is 2.05. The first kappa shape index (κ1) is 9.47. The summed E-state index contributed by atoms with van der Waals surface area (Å²) >= 11 is 0. The summed E-state index contributed by atoms with van der Waals surface area (Å²) < 4.78 is 28.0. The van der Waals surface area contributed by atoms with E-state index >= 15 is 0 Å². The lowest BCUT2D eigenvalue weighted by molar-refractivity contribution is -0.141. The highest BCUT2D eigenvalue weighted by Gasteiger charge is 2.42. The molecule has 70 valence electrons. The van der Waals surface area contributed by atoms with E-state index in [0.29, 0.717) is 0 Å². The van der Waals surface area contributed by atoms with Crippen molar-refractivity contribution >= 4 is 16.0 Å². The molecule has 12 heavy (non-hydrogen) atoms. The lowest BCUT2D eigenvalue weighted by Crippen LogP contribution is -2.39. The number of hydrogen-bond donors (Lipinski definition) is 0. The lowest BCUT2D eigenvalue weighted by Gasteiger charge is -2.17. The first-order valence-corrected chi connectivity index (χ1v) is 5.38. The van der Waals surface area contributed by atoms with Gasteiger partial charge in [0.05, 0.1) is 6.26 Å². The molecule has 1 aliphatic heterocycles. The van der Waals surface area contributed by atoms with Gasteiger partial charge < -0.3 is 4.74 Å². The van der Waals surface area contributed by atoms with Gasteiger partial charge in [-0.05, 0) is 13.8 Å². The van der Waals surface area contributed by atoms with E-state index in [-0.39, 0.29) is 0 Å². The third-order valence-electron chi connectivity index (χ3n) is 1.75. The molecule has 5 nitrogen and oxygen atoms in total. The number of esters is 1. The summed E-state index contributed by atoms with van der Waals surface area (Å²) in [5.41, 5.74) is 0. The third-order valence-corrected chi connectivity index (χ3v) is 3.13. The molecule has 0 aliphatic carbocycles. The number of rotatable bonds is 1. The number of carbonyl (C=O) groups is 1. The van der Waals surface area contributed by atoms with Gasteiger partial charge in [0.2, 0.25) is 10.0 Å². The van der Waals surface area contributed by atoms with Crippen LogP contribution in [0.15, 0.2) is 0 Å². The van der Waals surface area contributed by atoms with Crippen LogP contribution in [0, 0.1) is 0 Å². The zero-order valence-electron chi connectivity index (χ0n) is 7.14. The van der Waals surface area contributed by atoms with Crippen molar-refractivity contribution in [1.82, 2.24) is 4.31 Å². The SMILES string of the molecule is C[C@@H]1OC(=O)[C@H](C)N1S(C)(=O)=O. The molecular formula is C6H11NO4S. The molecule has 0 spiro atoms. The Morgan fingerprint density at radius 1 is 1.42 bits per heavy atom. The van der Waals surface area contributed by atoms with Crippen molar-refractivity contribution in [2.45, 2.75) is 26.1 Å². The van der Waals surface area contributed by atoms with E-state index in [1.54, 1.807) is 0 Å². The second-order valence-corrected chi connectivity index (χ2v) is 4.69. The molecule has 0 N–H and O–H groups in total. The van der Waals surface area contributed by atoms with E-state index in [1.807, 2.05) is 0 Å². The lowest BCUT2D eigenvalue weighted by atomic mass is 10.4. The molecule has 6 heteroatoms. The van der Waals surface area contributed by atoms with Gasteiger partial charge in [-0.1, -0.05) is 0 Å². The Hall–Kier alpha value is -0.620. The summed E-state index contributed by atoms with van der Waals surface area (Å²) in [7, 11) is -3.35. The van der Waals surface area contributed by atoms with Crippen LogP contribution in [0.4, 0.5) is 0 Å². The summed E-state index contributed by atoms with van der Waals surface area (Å²) in [5.74, 6) is -0.493. The summed E-state index contributed by atoms with van der Waals surface area (Å²) in [6, 6.07) is -0.699. The summed E-state index contributed by atoms with van der Waals surface area (Å²) in [4.78, 5) is 10.9. The maximum Gasteiger partial charge on any atom is 0.325 e. The fourth-order valence-corrected chi connectivity index (χ4v) is 2.54. The van der Waals surface area contributed by atoms with E-state index in [4.69, 9.17) is 4.74 Å². The molecule has 1 rings (SSSR count). The molecule has 1 saturated heterocycles. The molecule has 0 unspecified atom stereocenters. The van der Waals surface area contributed by atoms with E-state index < -0.39 is 28.3 Å². The molecule has 0 amide bonds. The number of cyclic esters (lactones) is 1. The van der Waals surface area contributed by atoms with Crippen molar-refractivity contribution in [3.05, 3.63) is 0 Å². The molecule has 1 fully saturated rings. The number of ether oxygens (including phenoxy) is 1. The Bertz CT molecular complexity index is 297. The van der Waals surface area contributed by atoms with Gasteiger partial charge in [0.15, 0.2) is 6.23 Å². The van der Waals surface area contributed by atoms with Gasteiger partial charge in [-0.15, -0.1) is 0 Å². The first-order valence-electron chi connectivity index (χ1n) is 3.53. The first-order chi connectivity index (χ1) is 5.34. The minimum atomic E-state index is -3.35. The van der Waals surface area contributed by atoms with Crippen LogP contribution in [0.5, 0.6) is 0 Å². The van der Waals surface area contributed by atoms with Crippen molar-refractivity contribution in [3.63, 3.8) is 0 Å². The molecule has 0 aromatic rings. The third kappa shape index (κ3) is 1.44. The second kappa shape index (κ2) is 2.70. The number of carbonyl (C=O) groups excluding carboxylic acids is 1. The van der Waals surface area contributed by atoms with Gasteiger partial charge in [-0.25, -0.2) is 8.42 Å². The Morgan fingerprint density at radius 2 is 1.92 bits per heavy atom. The number of hydrogen-bond acceptors (Lipinski definition) is 4. The van der Waals surface area contributed by atoms with Crippen LogP contribution >= 0.6 is 0 Å². The van der Waals surface area contributed by atoms with E-state index in [9.17, 15) is 13.2 Å². The van der Waals surface area contributed by atoms with Crippen molar-refractivity contribution in [2.75, 3.05) is 6.26 Å². The van der Waals surface area contributed by atoms with Crippen LogP contribution in [0.2, 0.25) is 0 Å². The Morgan fingerprint density at radius 3 is 2.08 bits per heavy atom. The standard InChI is InChI=1S/C6H11NO4S/c1-4-6(8)11-5(2)7(4)12(3,9)10/h4-5H,1-3H3/t4-,5-/m0/s1. The smallest absolute Gasteiger partial charge is 0.325 e. The predicted octanol–water partition coefficient (Wildman–Crippen LogP) is -0.461. The molecule has 2 atom stereocenters. The molecule has 0 aromatic heterocycles. The Labute approximate surface area is 71.4 Å². The van der Waals surface area contributed by atoms with E-state index in [2.05, 4.69) is 0 Å². The van der Waals surface area contributed by atoms with Crippen molar-refractivity contribution in [2.24, 2.45) is 0 Å². The molecule has 1 aliphatic rings. The fraction of sp³-hybridized carbons (Fsp3) is 0.833. The van der Waals surface area contributed by atoms with Gasteiger partial charge in [0, 0.05) is 0 Å². The highest BCUT2D eigenvalue weighted by Crippen LogP contribution is 2.20. The van der Waals surface area contributed by atoms with Gasteiger partial charge >= 0.3 is 5.97 Å². The summed E-state index contributed by atoms with van der Waals surface area (Å²) in [6.07, 6.45) is 0.379. The second-order valence-electron chi connectivity index (χ2n) is 2.81. The van der Waals surface area contributed by atoms with Crippen LogP contribution in [0.3, 0.4) is 0 Å². The maximum absolute atomic E-state index is 11.1. The highest BCUT2D eigenvalue weighted by molar-refractivity contribution is 7.88. The molecule has 0 saturated carbocycles. The van der Waals surface area contributed by atoms with Crippen molar-refractivity contribution < 1.29 is 17.9 Å². The van der Waals surface area contributed by atoms with Gasteiger partial charge in [-0.2, -0.15) is 4.31 Å². The van der Waals surface area contributed by atoms with E-state index in [0.717, 1.165) is 10.6 Å². The normalized spacial score (nSPS) is 32.1. The van der Waals surface area contributed by atoms with Crippen LogP contribution in [0.25, 0.3) is 0 Å². The van der Waals surface area contributed by atoms with Crippen molar-refractivity contribution in [1.29, 1.82) is 0 Å². The molecule has 0 bridgehead atoms. The quantitative estimate of drug-likeness (QED) is 0.528. The Balaban J connectivity index is 2.99. The number of sulfonamides is 1. The summed E-state index contributed by atoms with van der Waals surface area (Å²) in [5, 5.41) is 0. The molecule has 1 heterocycles. The monoisotopic (exact) mass is 193 g/mol. The van der Waals surface area contributed by atoms with Crippen LogP contribution in [-0.4, -0.2) is 37.2 Å². The zero-order chi connectivity index (χ0) is 9.52. The van der Waals surface area contributed by atoms with Crippen molar-refractivity contribution in [3.8, 4) is 0 Å². The van der Waals surface area contributed by atoms with Crippen LogP contribution in [-0.2, 0) is 19.6 Å². The minimum absolute atomic E-state index is 0.493. The van der Waals surface area contributed by atoms with Crippen LogP contribution < -0.4 is 0 Å². The van der Waals surface area contributed by atoms with Gasteiger partial charge in [0.25, 0.3) is 0 Å². The van der Waals surface area contributed by atoms with Gasteiger partial charge in [0.1, 0.15) is 6.04 Å². The van der Waals surface area contributed by atoms with E-state index in [1.165, 1.54) is 13.8 Å². The fourth-order valence-electron chi connectivity index (χ4n) is 1.29. The predicted molar refractivity (Wildman–Crippen MR) is 41.7 cm³/mol. The van der Waals surface area contributed by atoms with Gasteiger partial charge in [-0.3, -0.25) is 4.79 Å². The highest BCUT2D eigenvalue weighted by atomic mass is 32.2. The zero-order valence-corrected chi connectivity index (χ0v) is 7.96. The molecular weight excluding hydrogens is 182 g/mol.